The zero-order chi connectivity index (χ0) is 10.3. The molecule has 3 nitrogen and oxygen atoms in total. The molecule has 0 amide bonds. The fourth-order valence-electron chi connectivity index (χ4n) is 1.34. The summed E-state index contributed by atoms with van der Waals surface area (Å²) in [6, 6.07) is 3.33. The second-order valence-electron chi connectivity index (χ2n) is 2.98. The molecule has 0 unspecified atom stereocenters. The molecule has 0 spiro atoms. The summed E-state index contributed by atoms with van der Waals surface area (Å²) < 4.78 is 0.854. The van der Waals surface area contributed by atoms with Crippen LogP contribution in [0.4, 0.5) is 5.69 Å². The SMILES string of the molecule is Cc1cc2c(Cl)csc2cc1[N+](=O)[O-]. The van der Waals surface area contributed by atoms with Crippen LogP contribution < -0.4 is 0 Å². The van der Waals surface area contributed by atoms with E-state index in [2.05, 4.69) is 0 Å². The molecule has 72 valence electrons. The fraction of sp³-hybridized carbons (Fsp3) is 0.111. The molecule has 1 aromatic heterocycles. The van der Waals surface area contributed by atoms with Crippen LogP contribution in [0.2, 0.25) is 5.02 Å². The Balaban J connectivity index is 2.79. The van der Waals surface area contributed by atoms with Crippen molar-refractivity contribution in [1.29, 1.82) is 0 Å². The Hall–Kier alpha value is -1.13. The molecular formula is C9H6ClNO2S. The quantitative estimate of drug-likeness (QED) is 0.550. The number of aryl methyl sites for hydroxylation is 1. The van der Waals surface area contributed by atoms with E-state index in [1.807, 2.05) is 0 Å². The molecule has 0 saturated heterocycles. The summed E-state index contributed by atoms with van der Waals surface area (Å²) in [6.07, 6.45) is 0. The number of benzene rings is 1. The molecule has 0 bridgehead atoms. The van der Waals surface area contributed by atoms with Gasteiger partial charge in [0.25, 0.3) is 5.69 Å². The number of hydrogen-bond donors (Lipinski definition) is 0. The molecule has 0 aliphatic carbocycles. The minimum atomic E-state index is -0.373. The van der Waals surface area contributed by atoms with Gasteiger partial charge in [0, 0.05) is 27.1 Å². The molecular weight excluding hydrogens is 222 g/mol. The number of nitro groups is 1. The van der Waals surface area contributed by atoms with Crippen molar-refractivity contribution < 1.29 is 4.92 Å². The highest BCUT2D eigenvalue weighted by Crippen LogP contribution is 2.34. The summed E-state index contributed by atoms with van der Waals surface area (Å²) in [7, 11) is 0. The van der Waals surface area contributed by atoms with Gasteiger partial charge in [-0.1, -0.05) is 11.6 Å². The molecule has 0 fully saturated rings. The first kappa shape index (κ1) is 9.43. The minimum absolute atomic E-state index is 0.149. The zero-order valence-electron chi connectivity index (χ0n) is 7.28. The maximum atomic E-state index is 10.6. The van der Waals surface area contributed by atoms with Gasteiger partial charge in [0.2, 0.25) is 0 Å². The second kappa shape index (κ2) is 3.22. The van der Waals surface area contributed by atoms with E-state index in [0.29, 0.717) is 10.6 Å². The topological polar surface area (TPSA) is 43.1 Å². The Kier molecular flexibility index (Phi) is 2.17. The van der Waals surface area contributed by atoms with Crippen molar-refractivity contribution in [2.75, 3.05) is 0 Å². The molecule has 1 aromatic carbocycles. The monoisotopic (exact) mass is 227 g/mol. The molecule has 14 heavy (non-hydrogen) atoms. The number of fused-ring (bicyclic) bond motifs is 1. The Morgan fingerprint density at radius 3 is 2.86 bits per heavy atom. The predicted octanol–water partition coefficient (Wildman–Crippen LogP) is 3.77. The number of nitrogens with zero attached hydrogens (tertiary/aromatic N) is 1. The van der Waals surface area contributed by atoms with Gasteiger partial charge in [0.15, 0.2) is 0 Å². The van der Waals surface area contributed by atoms with E-state index < -0.39 is 0 Å². The highest BCUT2D eigenvalue weighted by atomic mass is 35.5. The van der Waals surface area contributed by atoms with Gasteiger partial charge in [-0.2, -0.15) is 0 Å². The van der Waals surface area contributed by atoms with Gasteiger partial charge in [-0.25, -0.2) is 0 Å². The van der Waals surface area contributed by atoms with Crippen molar-refractivity contribution in [3.05, 3.63) is 38.2 Å². The maximum Gasteiger partial charge on any atom is 0.273 e. The second-order valence-corrected chi connectivity index (χ2v) is 4.29. The van der Waals surface area contributed by atoms with Crippen LogP contribution in [-0.4, -0.2) is 4.92 Å². The third-order valence-corrected chi connectivity index (χ3v) is 3.43. The molecule has 0 aliphatic rings. The number of hydrogen-bond acceptors (Lipinski definition) is 3. The standard InChI is InChI=1S/C9H6ClNO2S/c1-5-2-6-7(10)4-14-9(6)3-8(5)11(12)13/h2-4H,1H3. The van der Waals surface area contributed by atoms with Crippen LogP contribution in [0.5, 0.6) is 0 Å². The smallest absolute Gasteiger partial charge is 0.258 e. The maximum absolute atomic E-state index is 10.6. The van der Waals surface area contributed by atoms with Gasteiger partial charge in [0.1, 0.15) is 0 Å². The van der Waals surface area contributed by atoms with Crippen LogP contribution in [0.25, 0.3) is 10.1 Å². The van der Waals surface area contributed by atoms with Crippen molar-refractivity contribution in [2.24, 2.45) is 0 Å². The molecule has 2 aromatic rings. The molecule has 0 atom stereocenters. The Labute approximate surface area is 89.1 Å². The summed E-state index contributed by atoms with van der Waals surface area (Å²) >= 11 is 7.33. The summed E-state index contributed by atoms with van der Waals surface area (Å²) in [6.45, 7) is 1.71. The first-order chi connectivity index (χ1) is 6.59. The predicted molar refractivity (Wildman–Crippen MR) is 58.2 cm³/mol. The summed E-state index contributed by atoms with van der Waals surface area (Å²) in [4.78, 5) is 10.3. The summed E-state index contributed by atoms with van der Waals surface area (Å²) in [5.74, 6) is 0. The van der Waals surface area contributed by atoms with E-state index in [1.54, 1.807) is 24.4 Å². The largest absolute Gasteiger partial charge is 0.273 e. The lowest BCUT2D eigenvalue weighted by Crippen LogP contribution is -1.90. The average Bonchev–Trinajstić information content (AvgIpc) is 2.46. The van der Waals surface area contributed by atoms with Gasteiger partial charge in [0.05, 0.1) is 9.95 Å². The number of halogens is 1. The molecule has 0 saturated carbocycles. The van der Waals surface area contributed by atoms with E-state index in [-0.39, 0.29) is 10.6 Å². The first-order valence-corrected chi connectivity index (χ1v) is 5.17. The molecule has 2 rings (SSSR count). The van der Waals surface area contributed by atoms with Crippen LogP contribution >= 0.6 is 22.9 Å². The normalized spacial score (nSPS) is 10.7. The van der Waals surface area contributed by atoms with Crippen LogP contribution in [-0.2, 0) is 0 Å². The van der Waals surface area contributed by atoms with Crippen molar-refractivity contribution in [2.45, 2.75) is 6.92 Å². The Bertz CT molecular complexity index is 521. The lowest BCUT2D eigenvalue weighted by atomic mass is 10.1. The third-order valence-electron chi connectivity index (χ3n) is 2.04. The fourth-order valence-corrected chi connectivity index (χ4v) is 2.52. The lowest BCUT2D eigenvalue weighted by Gasteiger charge is -1.97. The Morgan fingerprint density at radius 2 is 2.21 bits per heavy atom. The minimum Gasteiger partial charge on any atom is -0.258 e. The molecule has 1 heterocycles. The van der Waals surface area contributed by atoms with Gasteiger partial charge in [-0.05, 0) is 13.0 Å². The molecule has 0 radical (unpaired) electrons. The number of nitro benzene ring substituents is 1. The zero-order valence-corrected chi connectivity index (χ0v) is 8.85. The first-order valence-electron chi connectivity index (χ1n) is 3.91. The summed E-state index contributed by atoms with van der Waals surface area (Å²) in [5, 5.41) is 14.0. The van der Waals surface area contributed by atoms with Crippen LogP contribution in [0, 0.1) is 17.0 Å². The molecule has 0 N–H and O–H groups in total. The highest BCUT2D eigenvalue weighted by molar-refractivity contribution is 7.17. The highest BCUT2D eigenvalue weighted by Gasteiger charge is 2.13. The van der Waals surface area contributed by atoms with Crippen molar-refractivity contribution in [1.82, 2.24) is 0 Å². The van der Waals surface area contributed by atoms with Gasteiger partial charge < -0.3 is 0 Å². The van der Waals surface area contributed by atoms with E-state index in [0.717, 1.165) is 10.1 Å². The van der Waals surface area contributed by atoms with Crippen LogP contribution in [0.1, 0.15) is 5.56 Å². The van der Waals surface area contributed by atoms with Crippen molar-refractivity contribution >= 4 is 38.7 Å². The van der Waals surface area contributed by atoms with Gasteiger partial charge in [-0.15, -0.1) is 11.3 Å². The Morgan fingerprint density at radius 1 is 1.50 bits per heavy atom. The van der Waals surface area contributed by atoms with Gasteiger partial charge in [-0.3, -0.25) is 10.1 Å². The van der Waals surface area contributed by atoms with E-state index >= 15 is 0 Å². The van der Waals surface area contributed by atoms with Crippen LogP contribution in [0.15, 0.2) is 17.5 Å². The molecule has 5 heteroatoms. The van der Waals surface area contributed by atoms with E-state index in [9.17, 15) is 10.1 Å². The van der Waals surface area contributed by atoms with Crippen molar-refractivity contribution in [3.8, 4) is 0 Å². The third kappa shape index (κ3) is 1.36. The lowest BCUT2D eigenvalue weighted by molar-refractivity contribution is -0.385. The number of thiophene rings is 1. The van der Waals surface area contributed by atoms with Crippen molar-refractivity contribution in [3.63, 3.8) is 0 Å². The molecule has 0 aliphatic heterocycles. The van der Waals surface area contributed by atoms with Gasteiger partial charge >= 0.3 is 0 Å². The van der Waals surface area contributed by atoms with E-state index in [1.165, 1.54) is 11.3 Å². The summed E-state index contributed by atoms with van der Waals surface area (Å²) in [5.41, 5.74) is 0.791. The van der Waals surface area contributed by atoms with E-state index in [4.69, 9.17) is 11.6 Å². The average molecular weight is 228 g/mol. The number of rotatable bonds is 1. The van der Waals surface area contributed by atoms with Crippen LogP contribution in [0.3, 0.4) is 0 Å².